The Labute approximate surface area is 46.9 Å². The lowest BCUT2D eigenvalue weighted by atomic mass is 10.5. The van der Waals surface area contributed by atoms with Gasteiger partial charge in [-0.15, -0.1) is 0 Å². The van der Waals surface area contributed by atoms with Gasteiger partial charge in [-0.3, -0.25) is 4.79 Å². The molecule has 1 heterocycles. The topological polar surface area (TPSA) is 34.9 Å². The van der Waals surface area contributed by atoms with E-state index in [1.807, 2.05) is 6.92 Å². The van der Waals surface area contributed by atoms with E-state index in [-0.39, 0.29) is 0 Å². The third-order valence-electron chi connectivity index (χ3n) is 0.968. The van der Waals surface area contributed by atoms with Gasteiger partial charge in [0, 0.05) is 11.9 Å². The first kappa shape index (κ1) is 5.03. The molecule has 0 saturated heterocycles. The Morgan fingerprint density at radius 1 is 1.88 bits per heavy atom. The van der Waals surface area contributed by atoms with Crippen LogP contribution in [0.5, 0.6) is 0 Å². The van der Waals surface area contributed by atoms with E-state index in [1.165, 1.54) is 4.68 Å². The van der Waals surface area contributed by atoms with Crippen molar-refractivity contribution in [1.82, 2.24) is 9.78 Å². The van der Waals surface area contributed by atoms with Gasteiger partial charge < -0.3 is 0 Å². The molecule has 0 amide bonds. The first-order valence-corrected chi connectivity index (χ1v) is 2.30. The van der Waals surface area contributed by atoms with Crippen molar-refractivity contribution < 1.29 is 4.79 Å². The molecule has 1 aromatic heterocycles. The van der Waals surface area contributed by atoms with Crippen LogP contribution in [-0.2, 0) is 4.79 Å². The molecule has 0 radical (unpaired) electrons. The number of hydrogen-bond donors (Lipinski definition) is 0. The Hall–Kier alpha value is -1.12. The third kappa shape index (κ3) is 0.621. The maximum atomic E-state index is 9.99. The molecule has 0 aliphatic carbocycles. The molecule has 1 aromatic rings. The van der Waals surface area contributed by atoms with Gasteiger partial charge in [-0.05, 0) is 13.0 Å². The van der Waals surface area contributed by atoms with Crippen LogP contribution in [0.2, 0.25) is 0 Å². The predicted molar refractivity (Wildman–Crippen MR) is 29.1 cm³/mol. The lowest BCUT2D eigenvalue weighted by Gasteiger charge is -1.85. The molecule has 0 spiro atoms. The Bertz CT molecular complexity index is 192. The number of carbonyl (C=O) groups is 1. The van der Waals surface area contributed by atoms with Crippen LogP contribution >= 0.6 is 0 Å². The largest absolute Gasteiger partial charge is 0.276 e. The van der Waals surface area contributed by atoms with E-state index in [0.717, 1.165) is 5.69 Å². The SMILES string of the molecule is Cc1ccnn1C=O. The highest BCUT2D eigenvalue weighted by Crippen LogP contribution is 1.89. The van der Waals surface area contributed by atoms with Crippen molar-refractivity contribution in [2.75, 3.05) is 0 Å². The van der Waals surface area contributed by atoms with Gasteiger partial charge in [-0.25, -0.2) is 4.68 Å². The molecule has 0 aromatic carbocycles. The number of nitrogens with zero attached hydrogens (tertiary/aromatic N) is 2. The van der Waals surface area contributed by atoms with Crippen molar-refractivity contribution in [3.05, 3.63) is 18.0 Å². The number of aromatic nitrogens is 2. The Morgan fingerprint density at radius 3 is 2.88 bits per heavy atom. The molecule has 0 atom stereocenters. The fourth-order valence-corrected chi connectivity index (χ4v) is 0.491. The van der Waals surface area contributed by atoms with Gasteiger partial charge in [0.2, 0.25) is 6.41 Å². The van der Waals surface area contributed by atoms with E-state index in [1.54, 1.807) is 12.3 Å². The second-order valence-corrected chi connectivity index (χ2v) is 1.52. The molecule has 0 aliphatic rings. The second kappa shape index (κ2) is 1.78. The van der Waals surface area contributed by atoms with Crippen molar-refractivity contribution in [3.63, 3.8) is 0 Å². The third-order valence-corrected chi connectivity index (χ3v) is 0.968. The van der Waals surface area contributed by atoms with Crippen LogP contribution in [0, 0.1) is 6.92 Å². The second-order valence-electron chi connectivity index (χ2n) is 1.52. The van der Waals surface area contributed by atoms with E-state index >= 15 is 0 Å². The standard InChI is InChI=1S/C5H6N2O/c1-5-2-3-6-7(5)4-8/h2-4H,1H3. The molecule has 3 heteroatoms. The quantitative estimate of drug-likeness (QED) is 0.485. The van der Waals surface area contributed by atoms with Gasteiger partial charge in [0.05, 0.1) is 0 Å². The van der Waals surface area contributed by atoms with Crippen LogP contribution in [0.15, 0.2) is 12.3 Å². The highest BCUT2D eigenvalue weighted by atomic mass is 16.1. The van der Waals surface area contributed by atoms with Crippen LogP contribution in [0.4, 0.5) is 0 Å². The van der Waals surface area contributed by atoms with Gasteiger partial charge in [0.25, 0.3) is 0 Å². The minimum atomic E-state index is 0.676. The van der Waals surface area contributed by atoms with Crippen LogP contribution in [0.3, 0.4) is 0 Å². The number of carbonyl (C=O) groups excluding carboxylic acids is 1. The maximum absolute atomic E-state index is 9.99. The fourth-order valence-electron chi connectivity index (χ4n) is 0.491. The van der Waals surface area contributed by atoms with Crippen LogP contribution in [0.25, 0.3) is 0 Å². The van der Waals surface area contributed by atoms with Crippen molar-refractivity contribution in [1.29, 1.82) is 0 Å². The summed E-state index contributed by atoms with van der Waals surface area (Å²) in [5.74, 6) is 0. The molecule has 0 N–H and O–H groups in total. The fraction of sp³-hybridized carbons (Fsp3) is 0.200. The maximum Gasteiger partial charge on any atom is 0.234 e. The van der Waals surface area contributed by atoms with Crippen molar-refractivity contribution in [2.24, 2.45) is 0 Å². The summed E-state index contributed by atoms with van der Waals surface area (Å²) in [5.41, 5.74) is 0.861. The summed E-state index contributed by atoms with van der Waals surface area (Å²) in [6, 6.07) is 1.77. The molecule has 0 saturated carbocycles. The first-order valence-electron chi connectivity index (χ1n) is 2.30. The monoisotopic (exact) mass is 110 g/mol. The van der Waals surface area contributed by atoms with Crippen LogP contribution in [0.1, 0.15) is 5.69 Å². The Kier molecular flexibility index (Phi) is 1.12. The highest BCUT2D eigenvalue weighted by Gasteiger charge is 1.89. The molecule has 3 nitrogen and oxygen atoms in total. The average molecular weight is 110 g/mol. The number of hydrogen-bond acceptors (Lipinski definition) is 2. The molecule has 8 heavy (non-hydrogen) atoms. The molecule has 1 rings (SSSR count). The van der Waals surface area contributed by atoms with E-state index in [9.17, 15) is 4.79 Å². The predicted octanol–water partition coefficient (Wildman–Crippen LogP) is 0.230. The zero-order valence-corrected chi connectivity index (χ0v) is 4.53. The van der Waals surface area contributed by atoms with Gasteiger partial charge in [-0.1, -0.05) is 0 Å². The average Bonchev–Trinajstić information content (AvgIpc) is 2.14. The van der Waals surface area contributed by atoms with Crippen molar-refractivity contribution >= 4 is 6.41 Å². The highest BCUT2D eigenvalue weighted by molar-refractivity contribution is 5.51. The van der Waals surface area contributed by atoms with Gasteiger partial charge >= 0.3 is 0 Å². The normalized spacial score (nSPS) is 9.12. The van der Waals surface area contributed by atoms with E-state index < -0.39 is 0 Å². The van der Waals surface area contributed by atoms with Gasteiger partial charge in [-0.2, -0.15) is 5.10 Å². The minimum absolute atomic E-state index is 0.676. The molecule has 42 valence electrons. The Balaban J connectivity index is 3.09. The molecule has 0 bridgehead atoms. The smallest absolute Gasteiger partial charge is 0.234 e. The summed E-state index contributed by atoms with van der Waals surface area (Å²) in [6.45, 7) is 1.82. The summed E-state index contributed by atoms with van der Waals surface area (Å²) in [6.07, 6.45) is 2.26. The zero-order chi connectivity index (χ0) is 5.98. The molecular formula is C5H6N2O. The molecular weight excluding hydrogens is 104 g/mol. The Morgan fingerprint density at radius 2 is 2.62 bits per heavy atom. The molecule has 0 aliphatic heterocycles. The molecule has 0 fully saturated rings. The number of rotatable bonds is 1. The lowest BCUT2D eigenvalue weighted by molar-refractivity contribution is 0.539. The van der Waals surface area contributed by atoms with Crippen LogP contribution < -0.4 is 0 Å². The van der Waals surface area contributed by atoms with Crippen molar-refractivity contribution in [2.45, 2.75) is 6.92 Å². The van der Waals surface area contributed by atoms with Crippen LogP contribution in [-0.4, -0.2) is 16.2 Å². The summed E-state index contributed by atoms with van der Waals surface area (Å²) < 4.78 is 1.28. The van der Waals surface area contributed by atoms with Gasteiger partial charge in [0.15, 0.2) is 0 Å². The lowest BCUT2D eigenvalue weighted by Crippen LogP contribution is -1.97. The summed E-state index contributed by atoms with van der Waals surface area (Å²) in [5, 5.41) is 3.68. The summed E-state index contributed by atoms with van der Waals surface area (Å²) in [4.78, 5) is 9.99. The zero-order valence-electron chi connectivity index (χ0n) is 4.53. The van der Waals surface area contributed by atoms with E-state index in [2.05, 4.69) is 5.10 Å². The minimum Gasteiger partial charge on any atom is -0.276 e. The van der Waals surface area contributed by atoms with E-state index in [0.29, 0.717) is 6.41 Å². The first-order chi connectivity index (χ1) is 3.84. The van der Waals surface area contributed by atoms with Crippen molar-refractivity contribution in [3.8, 4) is 0 Å². The number of aryl methyl sites for hydroxylation is 1. The van der Waals surface area contributed by atoms with E-state index in [4.69, 9.17) is 0 Å². The van der Waals surface area contributed by atoms with Gasteiger partial charge in [0.1, 0.15) is 0 Å². The molecule has 0 unspecified atom stereocenters. The summed E-state index contributed by atoms with van der Waals surface area (Å²) in [7, 11) is 0. The summed E-state index contributed by atoms with van der Waals surface area (Å²) >= 11 is 0.